The number of Topliss-reactive ketones (excluding diaryl/α,β-unsaturated/α-hetero) is 2. The van der Waals surface area contributed by atoms with Crippen LogP contribution in [-0.2, 0) is 52.5 Å². The Morgan fingerprint density at radius 3 is 2.23 bits per heavy atom. The van der Waals surface area contributed by atoms with Crippen LogP contribution in [0.1, 0.15) is 211 Å². The molecule has 27 nitrogen and oxygen atoms in total. The third kappa shape index (κ3) is 27.4. The number of pyridine rings is 1. The van der Waals surface area contributed by atoms with Crippen LogP contribution in [0, 0.1) is 87.7 Å². The van der Waals surface area contributed by atoms with E-state index in [4.69, 9.17) is 44.6 Å². The summed E-state index contributed by atoms with van der Waals surface area (Å²) in [6.07, 6.45) is 40.2. The summed E-state index contributed by atoms with van der Waals surface area (Å²) in [5.41, 5.74) is 19.1. The van der Waals surface area contributed by atoms with Crippen LogP contribution in [-0.4, -0.2) is 157 Å². The number of hydrogen-bond acceptors (Lipinski definition) is 24. The third-order valence-corrected chi connectivity index (χ3v) is 31.9. The van der Waals surface area contributed by atoms with Gasteiger partial charge in [-0.3, -0.25) is 43.3 Å². The van der Waals surface area contributed by atoms with Gasteiger partial charge in [0.1, 0.15) is 69.9 Å². The number of para-hydroxylation sites is 2. The molecule has 3 aromatic heterocycles. The minimum Gasteiger partial charge on any atom is -0.510 e. The Hall–Kier alpha value is -12.3. The molecule has 0 spiro atoms. The number of phenols is 1. The number of allylic oxidation sites excluding steroid dienone is 12. The maximum atomic E-state index is 13.3. The first-order chi connectivity index (χ1) is 69.9. The molecule has 146 heavy (non-hydrogen) atoms. The van der Waals surface area contributed by atoms with Crippen molar-refractivity contribution in [1.82, 2.24) is 30.9 Å². The summed E-state index contributed by atoms with van der Waals surface area (Å²) in [7, 11) is 3.04. The van der Waals surface area contributed by atoms with Gasteiger partial charge >= 0.3 is 17.9 Å². The van der Waals surface area contributed by atoms with Crippen LogP contribution in [0.4, 0.5) is 10.1 Å². The molecule has 0 radical (unpaired) electrons. The number of epoxide rings is 1. The van der Waals surface area contributed by atoms with E-state index < -0.39 is 41.5 Å². The van der Waals surface area contributed by atoms with E-state index in [0.717, 1.165) is 98.0 Å². The molecule has 28 heteroatoms. The first-order valence-electron chi connectivity index (χ1n) is 52.2. The van der Waals surface area contributed by atoms with E-state index >= 15 is 0 Å². The molecular formula is C118H149FN8O19. The number of nitrogens with one attached hydrogen (secondary N) is 4. The molecule has 4 aromatic carbocycles. The van der Waals surface area contributed by atoms with Crippen molar-refractivity contribution in [3.05, 3.63) is 244 Å². The maximum absolute atomic E-state index is 13.3. The van der Waals surface area contributed by atoms with E-state index in [1.54, 1.807) is 111 Å². The summed E-state index contributed by atoms with van der Waals surface area (Å²) in [4.78, 5) is 109. The molecular weight excluding hydrogens is 1850 g/mol. The zero-order valence-electron chi connectivity index (χ0n) is 86.6. The Bertz CT molecular complexity index is 6110. The molecule has 0 bridgehead atoms. The number of nitrogens with two attached hydrogens (primary N) is 2. The number of nitrogen functional groups attached to an aromatic ring is 1. The SMILES string of the molecule is CCCC[C@@H](C)/C=C(C)/C=C(\C)C(=O)NC1=C[C@](O)(/C=C/C=C/C=C/C(=O)NC2=C(O)CCC2=O)[C@@H]2O[C@@H]2C1=O.CC[C@H](C)C(=O)O[C@H]1C[C@@H](C)C=C2C=C[C@H](C)[C@H](CC[C@@H]3C[C@@H](O)CC(=O)O3)[C@H]21.COC(=O)CC[C@@H](C)[C@H]1CC[C@H]2[C@H]3C(CC[C@]12C)[C@@]1(C)CC[C@@H](NCCN)C[C@@H]1C[C@H]3O.COc1cccc(-c2cc(=O)c3ccccc3o2)c1N.Oc1ccc(-c2nc(-c3ccc(F)cc3)c(-c3ccncc3)[nH]2)cc1. The minimum absolute atomic E-state index is 0.0267. The van der Waals surface area contributed by atoms with E-state index in [1.165, 1.54) is 112 Å². The van der Waals surface area contributed by atoms with Crippen LogP contribution >= 0.6 is 0 Å². The summed E-state index contributed by atoms with van der Waals surface area (Å²) >= 11 is 0. The normalized spacial score (nSPS) is 28.2. The van der Waals surface area contributed by atoms with Crippen LogP contribution in [0.15, 0.2) is 238 Å². The maximum Gasteiger partial charge on any atom is 0.308 e. The number of carbonyl (C=O) groups excluding carboxylic acids is 7. The average molecular weight is 2000 g/mol. The molecule has 17 rings (SSSR count). The lowest BCUT2D eigenvalue weighted by atomic mass is 9.43. The van der Waals surface area contributed by atoms with Crippen molar-refractivity contribution < 1.29 is 91.6 Å². The molecule has 22 atom stereocenters. The van der Waals surface area contributed by atoms with Gasteiger partial charge in [-0.05, 0) is 276 Å². The topological polar surface area (TPSA) is 430 Å². The van der Waals surface area contributed by atoms with Gasteiger partial charge < -0.3 is 86.0 Å². The Morgan fingerprint density at radius 1 is 0.795 bits per heavy atom. The second kappa shape index (κ2) is 50.4. The second-order valence-electron chi connectivity index (χ2n) is 42.1. The van der Waals surface area contributed by atoms with Gasteiger partial charge in [-0.15, -0.1) is 0 Å². The number of aliphatic hydroxyl groups excluding tert-OH is 3. The summed E-state index contributed by atoms with van der Waals surface area (Å²) in [6, 6.07) is 31.3. The number of aromatic hydroxyl groups is 1. The molecule has 8 aliphatic carbocycles. The van der Waals surface area contributed by atoms with Gasteiger partial charge in [0.05, 0.1) is 66.9 Å². The monoisotopic (exact) mass is 2000 g/mol. The fourth-order valence-electron chi connectivity index (χ4n) is 23.8. The number of rotatable bonds is 30. The number of carbonyl (C=O) groups is 7. The number of cyclic esters (lactones) is 1. The Labute approximate surface area is 856 Å². The molecule has 5 heterocycles. The van der Waals surface area contributed by atoms with Crippen molar-refractivity contribution in [2.45, 2.75) is 259 Å². The minimum atomic E-state index is -1.61. The molecule has 6 fully saturated rings. The van der Waals surface area contributed by atoms with E-state index in [2.05, 4.69) is 98.7 Å². The number of methoxy groups -OCH3 is 2. The molecule has 2 saturated heterocycles. The van der Waals surface area contributed by atoms with Gasteiger partial charge in [0.15, 0.2) is 17.3 Å². The quantitative estimate of drug-likeness (QED) is 0.00497. The lowest BCUT2D eigenvalue weighted by molar-refractivity contribution is -0.167. The number of phenolic OH excluding ortho intramolecular Hbond substituents is 1. The highest BCUT2D eigenvalue weighted by atomic mass is 19.1. The van der Waals surface area contributed by atoms with Crippen LogP contribution in [0.3, 0.4) is 0 Å². The number of esters is 3. The van der Waals surface area contributed by atoms with Crippen molar-refractivity contribution in [2.75, 3.05) is 33.0 Å². The Morgan fingerprint density at radius 2 is 1.52 bits per heavy atom. The second-order valence-corrected chi connectivity index (χ2v) is 42.1. The van der Waals surface area contributed by atoms with Crippen molar-refractivity contribution in [3.63, 3.8) is 0 Å². The molecule has 2 amide bonds. The predicted molar refractivity (Wildman–Crippen MR) is 562 cm³/mol. The number of nitrogens with zero attached hydrogens (tertiary/aromatic N) is 2. The number of aliphatic hydroxyl groups is 4. The molecule has 10 aliphatic rings. The number of ether oxygens (including phenoxy) is 5. The number of fused-ring (bicyclic) bond motifs is 8. The number of amides is 2. The average Bonchev–Trinajstić information content (AvgIpc) is 1.30. The molecule has 2 aliphatic heterocycles. The zero-order chi connectivity index (χ0) is 105. The fraction of sp³-hybridized carbons (Fsp3) is 0.492. The highest BCUT2D eigenvalue weighted by Crippen LogP contribution is 2.69. The predicted octanol–water partition coefficient (Wildman–Crippen LogP) is 19.7. The van der Waals surface area contributed by atoms with Gasteiger partial charge in [-0.2, -0.15) is 0 Å². The van der Waals surface area contributed by atoms with Crippen molar-refractivity contribution >= 4 is 57.9 Å². The van der Waals surface area contributed by atoms with Crippen molar-refractivity contribution in [1.29, 1.82) is 0 Å². The van der Waals surface area contributed by atoms with Crippen LogP contribution in [0.5, 0.6) is 11.5 Å². The van der Waals surface area contributed by atoms with Gasteiger partial charge in [0.2, 0.25) is 11.7 Å². The number of benzene rings is 4. The van der Waals surface area contributed by atoms with Crippen LogP contribution in [0.2, 0.25) is 0 Å². The van der Waals surface area contributed by atoms with Crippen LogP contribution < -0.4 is 37.6 Å². The lowest BCUT2D eigenvalue weighted by Crippen LogP contribution is -2.59. The van der Waals surface area contributed by atoms with Gasteiger partial charge in [0.25, 0.3) is 5.91 Å². The molecule has 7 aromatic rings. The fourth-order valence-corrected chi connectivity index (χ4v) is 23.8. The van der Waals surface area contributed by atoms with Gasteiger partial charge in [0, 0.05) is 103 Å². The first kappa shape index (κ1) is 111. The third-order valence-electron chi connectivity index (χ3n) is 31.9. The summed E-state index contributed by atoms with van der Waals surface area (Å²) in [6.45, 7) is 25.3. The standard InChI is InChI=1S/C31H38N2O7.C27H48N2O3.C24H36O5.C20H14FN3O.C16H13NO3/c1-5-6-11-19(2)16-20(3)17-21(4)30(38)32-22-18-31(39,29-28(40-29)27(22)37)15-10-8-7-9-12-25(36)33-26-23(34)13-14-24(26)35;1-17(5-8-24(31)32-4)20-6-7-21-25-22(10-12-27(20,21)3)26(2)11-9-19(29-14-13-28)15-18(26)16-23(25)30;1-5-15(3)24(27)29-21-11-14(2)10-17-7-6-16(4)20(23(17)21)9-8-19-12-18(25)13-22(26)28-19;21-16-5-1-13(2-6-16)18-19(14-9-11-22-12-10-14)24-20(23-18)15-3-7-17(25)8-4-15;1-19-14-8-4-6-11(16(14)17)15-9-12(18)10-5-2-3-7-13(10)20-15/h7-10,12,15-19,28-29,34,39H,5-6,11,13-14H2,1-4H3,(H,32,38)(H,33,36);17-23,25,29-30H,5-16,28H2,1-4H3;6-7,10,14-16,18-21,23,25H,5,8-9,11-13H2,1-4H3;1-12,25H,(H,23,24);2-9H,17H2,1H3/b8-7+,12-9+,15-10+,20-16+,21-17+;;;;/t19-,28-,29-,31-;17-,18-,19-,20-,21+,22?,23-,25+,26+,27-;14-,15-,16-,18+,19+,20-,21-,23-;;/m110../s1. The van der Waals surface area contributed by atoms with E-state index in [-0.39, 0.29) is 107 Å². The summed E-state index contributed by atoms with van der Waals surface area (Å²) in [5, 5.41) is 60.8. The number of unbranched alkanes of at least 4 members (excludes halogenated alkanes) is 1. The smallest absolute Gasteiger partial charge is 0.308 e. The van der Waals surface area contributed by atoms with E-state index in [9.17, 15) is 68.3 Å². The number of anilines is 1. The van der Waals surface area contributed by atoms with Crippen LogP contribution in [0.25, 0.3) is 56.2 Å². The number of H-pyrrole nitrogens is 1. The number of aromatic nitrogens is 3. The van der Waals surface area contributed by atoms with Gasteiger partial charge in [-0.25, -0.2) is 9.37 Å². The lowest BCUT2D eigenvalue weighted by Gasteiger charge is -2.62. The number of halogens is 1. The molecule has 13 N–H and O–H groups in total. The Balaban J connectivity index is 0.000000155. The molecule has 782 valence electrons. The van der Waals surface area contributed by atoms with E-state index in [1.807, 2.05) is 39.0 Å². The largest absolute Gasteiger partial charge is 0.510 e. The van der Waals surface area contributed by atoms with Gasteiger partial charge in [-0.1, -0.05) is 154 Å². The number of aromatic amines is 1. The summed E-state index contributed by atoms with van der Waals surface area (Å²) < 4.78 is 46.0. The molecule has 1 unspecified atom stereocenters. The van der Waals surface area contributed by atoms with Crippen molar-refractivity contribution in [3.8, 4) is 56.7 Å². The zero-order valence-corrected chi connectivity index (χ0v) is 86.6. The van der Waals surface area contributed by atoms with E-state index in [0.29, 0.717) is 141 Å². The van der Waals surface area contributed by atoms with Crippen molar-refractivity contribution in [2.24, 2.45) is 87.6 Å². The summed E-state index contributed by atoms with van der Waals surface area (Å²) in [5.74, 6) is 4.38. The number of hydrogen-bond donors (Lipinski definition) is 11. The molecule has 4 saturated carbocycles. The highest BCUT2D eigenvalue weighted by molar-refractivity contribution is 6.08. The first-order valence-corrected chi connectivity index (χ1v) is 52.2. The highest BCUT2D eigenvalue weighted by Gasteiger charge is 2.64. The number of ketones is 2. The Kier molecular flexibility index (Phi) is 38.3. The number of imidazole rings is 1.